The molecule has 1 aliphatic rings. The number of hydrogen-bond acceptors (Lipinski definition) is 6. The van der Waals surface area contributed by atoms with E-state index in [1.54, 1.807) is 11.0 Å². The van der Waals surface area contributed by atoms with Gasteiger partial charge >= 0.3 is 0 Å². The van der Waals surface area contributed by atoms with Crippen molar-refractivity contribution in [3.8, 4) is 0 Å². The van der Waals surface area contributed by atoms with E-state index in [1.807, 2.05) is 34.0 Å². The lowest BCUT2D eigenvalue weighted by Crippen LogP contribution is -2.44. The molecular weight excluding hydrogens is 344 g/mol. The fourth-order valence-corrected chi connectivity index (χ4v) is 2.72. The molecule has 0 radical (unpaired) electrons. The first-order chi connectivity index (χ1) is 12.8. The van der Waals surface area contributed by atoms with Gasteiger partial charge in [0.2, 0.25) is 5.95 Å². The van der Waals surface area contributed by atoms with Crippen molar-refractivity contribution in [3.05, 3.63) is 46.1 Å². The number of nitrogens with one attached hydrogen (secondary N) is 1. The van der Waals surface area contributed by atoms with Crippen LogP contribution in [0.4, 0.5) is 5.95 Å². The van der Waals surface area contributed by atoms with Crippen molar-refractivity contribution in [2.75, 3.05) is 19.0 Å². The van der Waals surface area contributed by atoms with Crippen LogP contribution in [0.3, 0.4) is 0 Å². The normalized spacial score (nSPS) is 14.9. The van der Waals surface area contributed by atoms with E-state index in [0.29, 0.717) is 24.0 Å². The van der Waals surface area contributed by atoms with Crippen molar-refractivity contribution in [3.63, 3.8) is 0 Å². The van der Waals surface area contributed by atoms with Gasteiger partial charge in [-0.15, -0.1) is 0 Å². The van der Waals surface area contributed by atoms with Gasteiger partial charge < -0.3 is 10.2 Å². The summed E-state index contributed by atoms with van der Waals surface area (Å²) in [5, 5.41) is 7.48. The van der Waals surface area contributed by atoms with Crippen LogP contribution in [0.2, 0.25) is 0 Å². The molecule has 27 heavy (non-hydrogen) atoms. The molecule has 1 atom stereocenters. The number of aromatic nitrogens is 4. The van der Waals surface area contributed by atoms with Crippen molar-refractivity contribution in [1.82, 2.24) is 25.1 Å². The van der Waals surface area contributed by atoms with Gasteiger partial charge in [0.15, 0.2) is 0 Å². The second-order valence-corrected chi connectivity index (χ2v) is 7.54. The van der Waals surface area contributed by atoms with Crippen molar-refractivity contribution >= 4 is 11.9 Å². The summed E-state index contributed by atoms with van der Waals surface area (Å²) in [6, 6.07) is 3.14. The van der Waals surface area contributed by atoms with E-state index in [2.05, 4.69) is 20.4 Å². The molecule has 0 saturated heterocycles. The monoisotopic (exact) mass is 370 g/mol. The van der Waals surface area contributed by atoms with Crippen LogP contribution in [-0.2, 0) is 6.54 Å². The average Bonchev–Trinajstić information content (AvgIpc) is 3.47. The number of hydrogen-bond donors (Lipinski definition) is 1. The Labute approximate surface area is 158 Å². The summed E-state index contributed by atoms with van der Waals surface area (Å²) in [5.74, 6) is 0.885. The van der Waals surface area contributed by atoms with Gasteiger partial charge in [0.05, 0.1) is 23.8 Å². The van der Waals surface area contributed by atoms with Crippen LogP contribution in [0.1, 0.15) is 48.7 Å². The molecule has 1 N–H and O–H groups in total. The maximum atomic E-state index is 12.6. The first-order valence-electron chi connectivity index (χ1n) is 9.23. The quantitative estimate of drug-likeness (QED) is 0.793. The average molecular weight is 370 g/mol. The lowest BCUT2D eigenvalue weighted by Gasteiger charge is -2.23. The molecule has 3 rings (SSSR count). The first-order valence-corrected chi connectivity index (χ1v) is 9.23. The van der Waals surface area contributed by atoms with E-state index in [0.717, 1.165) is 18.5 Å². The molecule has 2 heterocycles. The van der Waals surface area contributed by atoms with E-state index < -0.39 is 0 Å². The van der Waals surface area contributed by atoms with Gasteiger partial charge in [-0.3, -0.25) is 9.59 Å². The zero-order valence-electron chi connectivity index (χ0n) is 16.2. The van der Waals surface area contributed by atoms with Gasteiger partial charge in [0.1, 0.15) is 0 Å². The van der Waals surface area contributed by atoms with Crippen LogP contribution in [0, 0.1) is 5.92 Å². The molecule has 0 unspecified atom stereocenters. The Bertz CT molecular complexity index is 855. The molecule has 0 aliphatic heterocycles. The molecule has 2 aromatic rings. The maximum Gasteiger partial charge on any atom is 0.266 e. The maximum absolute atomic E-state index is 12.6. The van der Waals surface area contributed by atoms with Gasteiger partial charge in [-0.2, -0.15) is 5.10 Å². The topological polar surface area (TPSA) is 93.0 Å². The predicted octanol–water partition coefficient (Wildman–Crippen LogP) is 1.43. The van der Waals surface area contributed by atoms with Gasteiger partial charge in [-0.25, -0.2) is 14.6 Å². The number of carbonyl (C=O) groups excluding carboxylic acids is 1. The summed E-state index contributed by atoms with van der Waals surface area (Å²) in [7, 11) is 3.68. The summed E-state index contributed by atoms with van der Waals surface area (Å²) >= 11 is 0. The molecule has 1 amide bonds. The fraction of sp³-hybridized carbons (Fsp3) is 0.526. The highest BCUT2D eigenvalue weighted by atomic mass is 16.2. The third-order valence-electron chi connectivity index (χ3n) is 4.67. The molecule has 144 valence electrons. The molecule has 0 bridgehead atoms. The highest BCUT2D eigenvalue weighted by Crippen LogP contribution is 2.38. The predicted molar refractivity (Wildman–Crippen MR) is 103 cm³/mol. The Morgan fingerprint density at radius 3 is 2.48 bits per heavy atom. The third kappa shape index (κ3) is 4.69. The van der Waals surface area contributed by atoms with E-state index in [-0.39, 0.29) is 23.4 Å². The van der Waals surface area contributed by atoms with Crippen LogP contribution in [-0.4, -0.2) is 45.8 Å². The highest BCUT2D eigenvalue weighted by Gasteiger charge is 2.26. The van der Waals surface area contributed by atoms with Crippen molar-refractivity contribution < 1.29 is 4.79 Å². The zero-order chi connectivity index (χ0) is 19.6. The molecule has 0 spiro atoms. The van der Waals surface area contributed by atoms with Gasteiger partial charge in [0, 0.05) is 38.5 Å². The minimum atomic E-state index is -0.259. The zero-order valence-corrected chi connectivity index (χ0v) is 16.2. The second-order valence-electron chi connectivity index (χ2n) is 7.54. The van der Waals surface area contributed by atoms with Crippen molar-refractivity contribution in [1.29, 1.82) is 0 Å². The Balaban J connectivity index is 1.73. The number of rotatable bonds is 7. The van der Waals surface area contributed by atoms with E-state index in [1.165, 1.54) is 17.1 Å². The van der Waals surface area contributed by atoms with Crippen LogP contribution in [0.25, 0.3) is 0 Å². The first kappa shape index (κ1) is 19.0. The van der Waals surface area contributed by atoms with Gasteiger partial charge in [0.25, 0.3) is 11.5 Å². The number of carbonyl (C=O) groups is 1. The van der Waals surface area contributed by atoms with Crippen LogP contribution >= 0.6 is 0 Å². The minimum absolute atomic E-state index is 0.134. The summed E-state index contributed by atoms with van der Waals surface area (Å²) in [6.07, 6.45) is 5.26. The van der Waals surface area contributed by atoms with Gasteiger partial charge in [-0.1, -0.05) is 13.8 Å². The van der Waals surface area contributed by atoms with Crippen LogP contribution in [0.15, 0.2) is 29.3 Å². The third-order valence-corrected chi connectivity index (χ3v) is 4.67. The molecule has 1 fully saturated rings. The summed E-state index contributed by atoms with van der Waals surface area (Å²) in [5.41, 5.74) is 1.19. The molecule has 2 aromatic heterocycles. The highest BCUT2D eigenvalue weighted by molar-refractivity contribution is 5.93. The lowest BCUT2D eigenvalue weighted by atomic mass is 10.0. The molecule has 0 aromatic carbocycles. The summed E-state index contributed by atoms with van der Waals surface area (Å²) < 4.78 is 1.46. The Hall–Kier alpha value is -2.77. The molecule has 8 nitrogen and oxygen atoms in total. The van der Waals surface area contributed by atoms with Crippen LogP contribution in [0.5, 0.6) is 0 Å². The van der Waals surface area contributed by atoms with E-state index in [4.69, 9.17) is 0 Å². The number of anilines is 1. The smallest absolute Gasteiger partial charge is 0.266 e. The minimum Gasteiger partial charge on any atom is -0.347 e. The standard InChI is InChI=1S/C19H26N6O2/c1-12(2)16(11-25-17(26)8-7-15(23-25)13-5-6-13)22-18(27)14-9-20-19(21-10-14)24(3)4/h7-10,12-13,16H,5-6,11H2,1-4H3,(H,22,27)/t16-/m1/s1. The van der Waals surface area contributed by atoms with E-state index in [9.17, 15) is 9.59 Å². The molecule has 8 heteroatoms. The van der Waals surface area contributed by atoms with Gasteiger partial charge in [-0.05, 0) is 24.8 Å². The summed E-state index contributed by atoms with van der Waals surface area (Å²) in [6.45, 7) is 4.35. The van der Waals surface area contributed by atoms with E-state index >= 15 is 0 Å². The fourth-order valence-electron chi connectivity index (χ4n) is 2.72. The Morgan fingerprint density at radius 2 is 1.93 bits per heavy atom. The largest absolute Gasteiger partial charge is 0.347 e. The molecule has 1 saturated carbocycles. The van der Waals surface area contributed by atoms with Crippen LogP contribution < -0.4 is 15.8 Å². The SMILES string of the molecule is CC(C)[C@@H](Cn1nc(C2CC2)ccc1=O)NC(=O)c1cnc(N(C)C)nc1. The lowest BCUT2D eigenvalue weighted by molar-refractivity contribution is 0.0918. The second kappa shape index (κ2) is 7.85. The number of amides is 1. The number of nitrogens with zero attached hydrogens (tertiary/aromatic N) is 5. The Morgan fingerprint density at radius 1 is 1.26 bits per heavy atom. The molecular formula is C19H26N6O2. The van der Waals surface area contributed by atoms with Crippen molar-refractivity contribution in [2.45, 2.75) is 45.2 Å². The molecule has 1 aliphatic carbocycles. The summed E-state index contributed by atoms with van der Waals surface area (Å²) in [4.78, 5) is 34.9. The van der Waals surface area contributed by atoms with Crippen molar-refractivity contribution in [2.24, 2.45) is 5.92 Å². The Kier molecular flexibility index (Phi) is 5.53.